The average molecular weight is 358 g/mol. The molecule has 0 aliphatic heterocycles. The van der Waals surface area contributed by atoms with Crippen LogP contribution in [0.2, 0.25) is 0 Å². The molecule has 0 aliphatic rings. The Kier molecular flexibility index (Phi) is 5.65. The van der Waals surface area contributed by atoms with Crippen LogP contribution in [0.25, 0.3) is 0 Å². The largest absolute Gasteiger partial charge is 0.439 e. The quantitative estimate of drug-likeness (QED) is 0.272. The van der Waals surface area contributed by atoms with Crippen molar-refractivity contribution in [3.05, 3.63) is 29.8 Å². The highest BCUT2D eigenvalue weighted by atomic mass is 127. The molecule has 0 aliphatic carbocycles. The summed E-state index contributed by atoms with van der Waals surface area (Å²) in [5, 5.41) is 0. The maximum atomic E-state index is 11.4. The molecule has 1 unspecified atom stereocenters. The van der Waals surface area contributed by atoms with Gasteiger partial charge in [-0.1, -0.05) is 18.1 Å². The predicted octanol–water partition coefficient (Wildman–Crippen LogP) is 2.09. The summed E-state index contributed by atoms with van der Waals surface area (Å²) in [7, 11) is 0. The van der Waals surface area contributed by atoms with E-state index in [0.29, 0.717) is 5.75 Å². The Bertz CT molecular complexity index is 473. The molecule has 1 atom stereocenters. The minimum Gasteiger partial charge on any atom is -0.439 e. The molecule has 0 radical (unpaired) electrons. The third kappa shape index (κ3) is 5.19. The Morgan fingerprint density at radius 1 is 1.39 bits per heavy atom. The molecule has 1 aromatic carbocycles. The first kappa shape index (κ1) is 14.5. The lowest BCUT2D eigenvalue weighted by Crippen LogP contribution is -2.12. The Balaban J connectivity index is 2.56. The van der Waals surface area contributed by atoms with E-state index in [1.807, 2.05) is 22.6 Å². The van der Waals surface area contributed by atoms with E-state index in [1.165, 1.54) is 6.92 Å². The van der Waals surface area contributed by atoms with Gasteiger partial charge in [-0.2, -0.15) is 0 Å². The van der Waals surface area contributed by atoms with E-state index < -0.39 is 10.1 Å². The lowest BCUT2D eigenvalue weighted by molar-refractivity contribution is -0.142. The summed E-state index contributed by atoms with van der Waals surface area (Å²) >= 11 is 1.85. The second-order valence-electron chi connectivity index (χ2n) is 3.39. The minimum absolute atomic E-state index is 0.127. The number of hydrogen-bond donors (Lipinski definition) is 0. The van der Waals surface area contributed by atoms with Crippen LogP contribution >= 0.6 is 22.6 Å². The number of carbonyl (C=O) groups excluding carboxylic acids is 2. The van der Waals surface area contributed by atoms with Gasteiger partial charge in [0, 0.05) is 6.92 Å². The van der Waals surface area contributed by atoms with Gasteiger partial charge in [-0.15, -0.1) is 6.42 Å². The molecule has 0 spiro atoms. The fraction of sp³-hybridized carbons (Fsp3) is 0.231. The van der Waals surface area contributed by atoms with E-state index in [0.717, 1.165) is 5.56 Å². The number of rotatable bonds is 4. The summed E-state index contributed by atoms with van der Waals surface area (Å²) < 4.78 is 9.24. The molecule has 4 nitrogen and oxygen atoms in total. The molecule has 0 saturated carbocycles. The van der Waals surface area contributed by atoms with Gasteiger partial charge in [0.05, 0.1) is 6.42 Å². The zero-order valence-corrected chi connectivity index (χ0v) is 11.8. The van der Waals surface area contributed by atoms with E-state index in [2.05, 4.69) is 5.92 Å². The van der Waals surface area contributed by atoms with Crippen LogP contribution in [0.1, 0.15) is 12.5 Å². The van der Waals surface area contributed by atoms with Gasteiger partial charge in [0.2, 0.25) is 4.11 Å². The van der Waals surface area contributed by atoms with Gasteiger partial charge in [0.25, 0.3) is 0 Å². The minimum atomic E-state index is -0.560. The average Bonchev–Trinajstić information content (AvgIpc) is 2.30. The van der Waals surface area contributed by atoms with Crippen LogP contribution in [0.15, 0.2) is 24.3 Å². The van der Waals surface area contributed by atoms with Crippen LogP contribution < -0.4 is 4.74 Å². The molecule has 1 aromatic rings. The number of hydrogen-bond acceptors (Lipinski definition) is 4. The molecule has 0 fully saturated rings. The van der Waals surface area contributed by atoms with E-state index in [-0.39, 0.29) is 12.4 Å². The van der Waals surface area contributed by atoms with Crippen molar-refractivity contribution in [3.8, 4) is 18.1 Å². The summed E-state index contributed by atoms with van der Waals surface area (Å²) in [4.78, 5) is 22.2. The SMILES string of the molecule is C#CC(I)OC(=O)Cc1ccc(OC(C)=O)cc1. The van der Waals surface area contributed by atoms with Gasteiger partial charge in [0.15, 0.2) is 0 Å². The number of halogens is 1. The van der Waals surface area contributed by atoms with Crippen molar-refractivity contribution in [2.24, 2.45) is 0 Å². The molecule has 94 valence electrons. The van der Waals surface area contributed by atoms with Crippen molar-refractivity contribution in [2.75, 3.05) is 0 Å². The first-order valence-corrected chi connectivity index (χ1v) is 6.33. The zero-order valence-electron chi connectivity index (χ0n) is 9.68. The van der Waals surface area contributed by atoms with Crippen molar-refractivity contribution in [1.29, 1.82) is 0 Å². The standard InChI is InChI=1S/C13H11IO4/c1-3-12(14)18-13(16)8-10-4-6-11(7-5-10)17-9(2)15/h1,4-7,12H,8H2,2H3. The number of carbonyl (C=O) groups is 2. The van der Waals surface area contributed by atoms with Crippen molar-refractivity contribution in [3.63, 3.8) is 0 Å². The summed E-state index contributed by atoms with van der Waals surface area (Å²) in [6.07, 6.45) is 5.22. The van der Waals surface area contributed by atoms with Gasteiger partial charge in [-0.05, 0) is 40.3 Å². The van der Waals surface area contributed by atoms with Crippen LogP contribution in [0, 0.1) is 12.3 Å². The van der Waals surface area contributed by atoms with E-state index in [1.54, 1.807) is 24.3 Å². The maximum absolute atomic E-state index is 11.4. The molecule has 18 heavy (non-hydrogen) atoms. The van der Waals surface area contributed by atoms with Gasteiger partial charge in [-0.3, -0.25) is 9.59 Å². The Morgan fingerprint density at radius 2 is 2.00 bits per heavy atom. The molecule has 1 rings (SSSR count). The van der Waals surface area contributed by atoms with E-state index in [9.17, 15) is 9.59 Å². The molecular weight excluding hydrogens is 347 g/mol. The molecule has 0 N–H and O–H groups in total. The highest BCUT2D eigenvalue weighted by molar-refractivity contribution is 14.1. The smallest absolute Gasteiger partial charge is 0.312 e. The Labute approximate surface area is 119 Å². The van der Waals surface area contributed by atoms with Crippen LogP contribution in [0.4, 0.5) is 0 Å². The highest BCUT2D eigenvalue weighted by Crippen LogP contribution is 2.13. The second-order valence-corrected chi connectivity index (χ2v) is 4.52. The zero-order chi connectivity index (χ0) is 13.5. The van der Waals surface area contributed by atoms with Gasteiger partial charge in [0.1, 0.15) is 5.75 Å². The summed E-state index contributed by atoms with van der Waals surface area (Å²) in [5.41, 5.74) is 0.761. The van der Waals surface area contributed by atoms with Crippen molar-refractivity contribution in [1.82, 2.24) is 0 Å². The van der Waals surface area contributed by atoms with Crippen LogP contribution in [-0.4, -0.2) is 16.0 Å². The molecule has 0 bridgehead atoms. The normalized spacial score (nSPS) is 11.2. The van der Waals surface area contributed by atoms with Crippen molar-refractivity contribution in [2.45, 2.75) is 17.5 Å². The number of alkyl halides is 1. The maximum Gasteiger partial charge on any atom is 0.312 e. The van der Waals surface area contributed by atoms with Gasteiger partial charge >= 0.3 is 11.9 Å². The summed E-state index contributed by atoms with van der Waals surface area (Å²) in [5.74, 6) is 1.96. The third-order valence-electron chi connectivity index (χ3n) is 1.90. The van der Waals surface area contributed by atoms with Crippen molar-refractivity contribution >= 4 is 34.5 Å². The monoisotopic (exact) mass is 358 g/mol. The molecule has 5 heteroatoms. The number of terminal acetylenes is 1. The summed E-state index contributed by atoms with van der Waals surface area (Å²) in [6, 6.07) is 6.62. The number of ether oxygens (including phenoxy) is 2. The molecular formula is C13H11IO4. The van der Waals surface area contributed by atoms with Gasteiger partial charge < -0.3 is 9.47 Å². The number of benzene rings is 1. The highest BCUT2D eigenvalue weighted by Gasteiger charge is 2.09. The molecule has 0 aromatic heterocycles. The van der Waals surface area contributed by atoms with E-state index >= 15 is 0 Å². The number of esters is 2. The predicted molar refractivity (Wildman–Crippen MR) is 74.2 cm³/mol. The fourth-order valence-electron chi connectivity index (χ4n) is 1.20. The molecule has 0 amide bonds. The Morgan fingerprint density at radius 3 is 2.50 bits per heavy atom. The van der Waals surface area contributed by atoms with Crippen LogP contribution in [-0.2, 0) is 20.7 Å². The third-order valence-corrected chi connectivity index (χ3v) is 2.51. The van der Waals surface area contributed by atoms with Crippen molar-refractivity contribution < 1.29 is 19.1 Å². The summed E-state index contributed by atoms with van der Waals surface area (Å²) in [6.45, 7) is 1.33. The Hall–Kier alpha value is -1.55. The molecule has 0 heterocycles. The fourth-order valence-corrected chi connectivity index (χ4v) is 1.48. The lowest BCUT2D eigenvalue weighted by atomic mass is 10.1. The first-order valence-electron chi connectivity index (χ1n) is 5.08. The topological polar surface area (TPSA) is 52.6 Å². The van der Waals surface area contributed by atoms with Gasteiger partial charge in [-0.25, -0.2) is 0 Å². The van der Waals surface area contributed by atoms with E-state index in [4.69, 9.17) is 15.9 Å². The lowest BCUT2D eigenvalue weighted by Gasteiger charge is -2.06. The van der Waals surface area contributed by atoms with Crippen LogP contribution in [0.5, 0.6) is 5.75 Å². The molecule has 0 saturated heterocycles. The first-order chi connectivity index (χ1) is 8.51. The van der Waals surface area contributed by atoms with Crippen LogP contribution in [0.3, 0.4) is 0 Å². The second kappa shape index (κ2) is 7.01.